The molecule has 0 saturated heterocycles. The Hall–Kier alpha value is -3.41. The average molecular weight is 336 g/mol. The zero-order chi connectivity index (χ0) is 17.8. The fourth-order valence-electron chi connectivity index (χ4n) is 2.34. The molecule has 3 rings (SSSR count). The zero-order valence-electron chi connectivity index (χ0n) is 13.5. The van der Waals surface area contributed by atoms with Gasteiger partial charge in [-0.05, 0) is 30.3 Å². The predicted octanol–water partition coefficient (Wildman–Crippen LogP) is 3.39. The standard InChI is InChI=1S/C19H16N2O4/c1-2-17(22)20-13-7-5-8-14(11-13)21-18(23)15-10-12-6-3-4-9-16(12)25-19(15)24/h3-11H,2H2,1H3,(H,20,22)(H,21,23). The third-order valence-corrected chi connectivity index (χ3v) is 3.61. The van der Waals surface area contributed by atoms with Crippen molar-refractivity contribution in [2.75, 3.05) is 10.6 Å². The van der Waals surface area contributed by atoms with Gasteiger partial charge in [0.05, 0.1) is 0 Å². The normalized spacial score (nSPS) is 10.4. The first kappa shape index (κ1) is 16.4. The Bertz CT molecular complexity index is 1010. The van der Waals surface area contributed by atoms with E-state index in [0.717, 1.165) is 0 Å². The van der Waals surface area contributed by atoms with Crippen LogP contribution in [-0.2, 0) is 4.79 Å². The summed E-state index contributed by atoms with van der Waals surface area (Å²) in [4.78, 5) is 35.9. The van der Waals surface area contributed by atoms with Crippen molar-refractivity contribution < 1.29 is 14.0 Å². The Kier molecular flexibility index (Phi) is 4.61. The number of carbonyl (C=O) groups excluding carboxylic acids is 2. The lowest BCUT2D eigenvalue weighted by atomic mass is 10.1. The van der Waals surface area contributed by atoms with Crippen molar-refractivity contribution in [1.82, 2.24) is 0 Å². The molecule has 1 heterocycles. The molecule has 0 fully saturated rings. The molecule has 2 amide bonds. The van der Waals surface area contributed by atoms with Crippen LogP contribution >= 0.6 is 0 Å². The number of rotatable bonds is 4. The van der Waals surface area contributed by atoms with Crippen molar-refractivity contribution in [1.29, 1.82) is 0 Å². The Morgan fingerprint density at radius 1 is 0.960 bits per heavy atom. The van der Waals surface area contributed by atoms with Crippen molar-refractivity contribution >= 4 is 34.2 Å². The molecule has 0 aliphatic carbocycles. The Balaban J connectivity index is 1.85. The Morgan fingerprint density at radius 2 is 1.68 bits per heavy atom. The van der Waals surface area contributed by atoms with Crippen molar-refractivity contribution in [2.45, 2.75) is 13.3 Å². The first-order chi connectivity index (χ1) is 12.1. The summed E-state index contributed by atoms with van der Waals surface area (Å²) in [5.41, 5.74) is 0.670. The number of hydrogen-bond acceptors (Lipinski definition) is 4. The average Bonchev–Trinajstić information content (AvgIpc) is 2.61. The Morgan fingerprint density at radius 3 is 2.44 bits per heavy atom. The number of benzene rings is 2. The monoisotopic (exact) mass is 336 g/mol. The fourth-order valence-corrected chi connectivity index (χ4v) is 2.34. The second-order valence-electron chi connectivity index (χ2n) is 5.42. The van der Waals surface area contributed by atoms with Gasteiger partial charge in [0, 0.05) is 23.2 Å². The largest absolute Gasteiger partial charge is 0.422 e. The van der Waals surface area contributed by atoms with E-state index in [4.69, 9.17) is 4.42 Å². The summed E-state index contributed by atoms with van der Waals surface area (Å²) in [5.74, 6) is -0.697. The molecule has 0 unspecified atom stereocenters. The van der Waals surface area contributed by atoms with Crippen LogP contribution in [0.1, 0.15) is 23.7 Å². The summed E-state index contributed by atoms with van der Waals surface area (Å²) in [6.07, 6.45) is 0.356. The summed E-state index contributed by atoms with van der Waals surface area (Å²) in [5, 5.41) is 6.02. The van der Waals surface area contributed by atoms with Gasteiger partial charge in [0.25, 0.3) is 5.91 Å². The lowest BCUT2D eigenvalue weighted by Crippen LogP contribution is -2.20. The van der Waals surface area contributed by atoms with Crippen molar-refractivity contribution in [2.24, 2.45) is 0 Å². The molecule has 0 atom stereocenters. The second kappa shape index (κ2) is 7.00. The van der Waals surface area contributed by atoms with Gasteiger partial charge < -0.3 is 15.1 Å². The highest BCUT2D eigenvalue weighted by atomic mass is 16.4. The first-order valence-electron chi connectivity index (χ1n) is 7.81. The molecule has 2 aromatic carbocycles. The van der Waals surface area contributed by atoms with E-state index >= 15 is 0 Å². The van der Waals surface area contributed by atoms with Gasteiger partial charge in [0.1, 0.15) is 11.1 Å². The molecule has 6 nitrogen and oxygen atoms in total. The molecule has 0 bridgehead atoms. The third kappa shape index (κ3) is 3.74. The number of amides is 2. The molecule has 0 aliphatic rings. The topological polar surface area (TPSA) is 88.4 Å². The maximum Gasteiger partial charge on any atom is 0.349 e. The lowest BCUT2D eigenvalue weighted by molar-refractivity contribution is -0.115. The highest BCUT2D eigenvalue weighted by molar-refractivity contribution is 6.05. The number of hydrogen-bond donors (Lipinski definition) is 2. The highest BCUT2D eigenvalue weighted by Gasteiger charge is 2.14. The zero-order valence-corrected chi connectivity index (χ0v) is 13.5. The van der Waals surface area contributed by atoms with Gasteiger partial charge in [-0.3, -0.25) is 9.59 Å². The van der Waals surface area contributed by atoms with E-state index in [1.165, 1.54) is 6.07 Å². The minimum atomic E-state index is -0.702. The predicted molar refractivity (Wildman–Crippen MR) is 95.8 cm³/mol. The van der Waals surface area contributed by atoms with Crippen LogP contribution in [0.2, 0.25) is 0 Å². The van der Waals surface area contributed by atoms with Crippen LogP contribution in [0.4, 0.5) is 11.4 Å². The SMILES string of the molecule is CCC(=O)Nc1cccc(NC(=O)c2cc3ccccc3oc2=O)c1. The van der Waals surface area contributed by atoms with Crippen molar-refractivity contribution in [3.63, 3.8) is 0 Å². The molecule has 25 heavy (non-hydrogen) atoms. The summed E-state index contributed by atoms with van der Waals surface area (Å²) in [6, 6.07) is 15.2. The molecule has 126 valence electrons. The van der Waals surface area contributed by atoms with Crippen molar-refractivity contribution in [3.05, 3.63) is 70.6 Å². The quantitative estimate of drug-likeness (QED) is 0.715. The smallest absolute Gasteiger partial charge is 0.349 e. The number of anilines is 2. The fraction of sp³-hybridized carbons (Fsp3) is 0.105. The van der Waals surface area contributed by atoms with Crippen LogP contribution in [0.25, 0.3) is 11.0 Å². The van der Waals surface area contributed by atoms with Gasteiger partial charge in [-0.25, -0.2) is 4.79 Å². The van der Waals surface area contributed by atoms with Gasteiger partial charge in [-0.2, -0.15) is 0 Å². The Labute approximate surface area is 143 Å². The molecule has 6 heteroatoms. The van der Waals surface area contributed by atoms with E-state index < -0.39 is 11.5 Å². The molecule has 0 spiro atoms. The molecule has 0 saturated carbocycles. The van der Waals surface area contributed by atoms with E-state index in [9.17, 15) is 14.4 Å². The molecule has 0 radical (unpaired) electrons. The van der Waals surface area contributed by atoms with E-state index in [1.54, 1.807) is 55.5 Å². The number of nitrogens with one attached hydrogen (secondary N) is 2. The summed E-state index contributed by atoms with van der Waals surface area (Å²) >= 11 is 0. The van der Waals surface area contributed by atoms with E-state index in [0.29, 0.717) is 28.8 Å². The van der Waals surface area contributed by atoms with Gasteiger partial charge in [0.2, 0.25) is 5.91 Å². The van der Waals surface area contributed by atoms with Crippen LogP contribution in [-0.4, -0.2) is 11.8 Å². The molecule has 0 aliphatic heterocycles. The lowest BCUT2D eigenvalue weighted by Gasteiger charge is -2.08. The van der Waals surface area contributed by atoms with Crippen molar-refractivity contribution in [3.8, 4) is 0 Å². The minimum Gasteiger partial charge on any atom is -0.422 e. The summed E-state index contributed by atoms with van der Waals surface area (Å²) in [6.45, 7) is 1.75. The van der Waals surface area contributed by atoms with Crippen LogP contribution in [0.15, 0.2) is 63.8 Å². The second-order valence-corrected chi connectivity index (χ2v) is 5.42. The number of para-hydroxylation sites is 1. The van der Waals surface area contributed by atoms with E-state index in [2.05, 4.69) is 10.6 Å². The van der Waals surface area contributed by atoms with Crippen LogP contribution in [0.5, 0.6) is 0 Å². The first-order valence-corrected chi connectivity index (χ1v) is 7.81. The van der Waals surface area contributed by atoms with E-state index in [-0.39, 0.29) is 11.5 Å². The van der Waals surface area contributed by atoms with Gasteiger partial charge >= 0.3 is 5.63 Å². The van der Waals surface area contributed by atoms with Gasteiger partial charge in [-0.1, -0.05) is 31.2 Å². The molecule has 1 aromatic heterocycles. The number of carbonyl (C=O) groups is 2. The van der Waals surface area contributed by atoms with E-state index in [1.807, 2.05) is 0 Å². The van der Waals surface area contributed by atoms with Crippen LogP contribution < -0.4 is 16.3 Å². The molecule has 2 N–H and O–H groups in total. The molecular weight excluding hydrogens is 320 g/mol. The summed E-state index contributed by atoms with van der Waals surface area (Å²) in [7, 11) is 0. The third-order valence-electron chi connectivity index (χ3n) is 3.61. The van der Waals surface area contributed by atoms with Gasteiger partial charge in [0.15, 0.2) is 0 Å². The maximum atomic E-state index is 12.4. The number of fused-ring (bicyclic) bond motifs is 1. The highest BCUT2D eigenvalue weighted by Crippen LogP contribution is 2.17. The minimum absolute atomic E-state index is 0.0818. The van der Waals surface area contributed by atoms with Crippen LogP contribution in [0.3, 0.4) is 0 Å². The molecule has 3 aromatic rings. The maximum absolute atomic E-state index is 12.4. The van der Waals surface area contributed by atoms with Crippen LogP contribution in [0, 0.1) is 0 Å². The molecular formula is C19H16N2O4. The van der Waals surface area contributed by atoms with Gasteiger partial charge in [-0.15, -0.1) is 0 Å². The summed E-state index contributed by atoms with van der Waals surface area (Å²) < 4.78 is 5.17.